The molecule has 0 spiro atoms. The standard InChI is InChI=1S/C21H24N2O2/c22-12-17-6-8-20(9-7-17)21(24)14-23-11-10-19(13-23)16-25-15-18-4-2-1-3-5-18/h1-9,19,21,24H,10-11,13-16H2. The third kappa shape index (κ3) is 5.14. The lowest BCUT2D eigenvalue weighted by Gasteiger charge is -2.20. The molecule has 2 unspecified atom stereocenters. The Morgan fingerprint density at radius 1 is 1.16 bits per heavy atom. The zero-order valence-electron chi connectivity index (χ0n) is 14.3. The van der Waals surface area contributed by atoms with Crippen LogP contribution in [0.25, 0.3) is 0 Å². The first-order chi connectivity index (χ1) is 12.2. The summed E-state index contributed by atoms with van der Waals surface area (Å²) < 4.78 is 5.85. The lowest BCUT2D eigenvalue weighted by molar-refractivity contribution is 0.0830. The summed E-state index contributed by atoms with van der Waals surface area (Å²) in [6.45, 7) is 4.00. The summed E-state index contributed by atoms with van der Waals surface area (Å²) in [5.41, 5.74) is 2.68. The molecule has 1 saturated heterocycles. The van der Waals surface area contributed by atoms with Gasteiger partial charge in [-0.3, -0.25) is 0 Å². The number of likely N-dealkylation sites (tertiary alicyclic amines) is 1. The van der Waals surface area contributed by atoms with Crippen LogP contribution in [0.5, 0.6) is 0 Å². The quantitative estimate of drug-likeness (QED) is 0.844. The molecule has 1 aliphatic rings. The Morgan fingerprint density at radius 2 is 1.92 bits per heavy atom. The molecular weight excluding hydrogens is 312 g/mol. The fourth-order valence-corrected chi connectivity index (χ4v) is 3.26. The van der Waals surface area contributed by atoms with Gasteiger partial charge in [0.1, 0.15) is 0 Å². The topological polar surface area (TPSA) is 56.5 Å². The lowest BCUT2D eigenvalue weighted by atomic mass is 10.1. The van der Waals surface area contributed by atoms with E-state index in [1.165, 1.54) is 5.56 Å². The fraction of sp³-hybridized carbons (Fsp3) is 0.381. The number of nitriles is 1. The normalized spacial score (nSPS) is 18.8. The molecule has 3 rings (SSSR count). The second kappa shape index (κ2) is 8.77. The number of aliphatic hydroxyl groups is 1. The van der Waals surface area contributed by atoms with Crippen LogP contribution in [0.2, 0.25) is 0 Å². The fourth-order valence-electron chi connectivity index (χ4n) is 3.26. The van der Waals surface area contributed by atoms with Crippen LogP contribution in [0.15, 0.2) is 54.6 Å². The molecule has 1 fully saturated rings. The molecule has 0 radical (unpaired) electrons. The number of aliphatic hydroxyl groups excluding tert-OH is 1. The van der Waals surface area contributed by atoms with Gasteiger partial charge in [0.15, 0.2) is 0 Å². The van der Waals surface area contributed by atoms with Gasteiger partial charge < -0.3 is 14.7 Å². The van der Waals surface area contributed by atoms with E-state index in [1.807, 2.05) is 30.3 Å². The van der Waals surface area contributed by atoms with Gasteiger partial charge in [-0.05, 0) is 42.1 Å². The predicted molar refractivity (Wildman–Crippen MR) is 96.8 cm³/mol. The van der Waals surface area contributed by atoms with E-state index in [1.54, 1.807) is 12.1 Å². The second-order valence-electron chi connectivity index (χ2n) is 6.66. The van der Waals surface area contributed by atoms with Crippen LogP contribution in [0.1, 0.15) is 29.2 Å². The van der Waals surface area contributed by atoms with Crippen LogP contribution < -0.4 is 0 Å². The van der Waals surface area contributed by atoms with Gasteiger partial charge in [-0.15, -0.1) is 0 Å². The molecule has 0 saturated carbocycles. The summed E-state index contributed by atoms with van der Waals surface area (Å²) in [4.78, 5) is 2.29. The summed E-state index contributed by atoms with van der Waals surface area (Å²) in [5, 5.41) is 19.2. The first kappa shape index (κ1) is 17.6. The van der Waals surface area contributed by atoms with Crippen LogP contribution in [0, 0.1) is 17.2 Å². The van der Waals surface area contributed by atoms with Gasteiger partial charge in [-0.25, -0.2) is 0 Å². The van der Waals surface area contributed by atoms with Crippen LogP contribution >= 0.6 is 0 Å². The highest BCUT2D eigenvalue weighted by Crippen LogP contribution is 2.21. The molecule has 2 aromatic rings. The van der Waals surface area contributed by atoms with Crippen molar-refractivity contribution in [1.82, 2.24) is 4.90 Å². The highest BCUT2D eigenvalue weighted by atomic mass is 16.5. The first-order valence-corrected chi connectivity index (χ1v) is 8.77. The highest BCUT2D eigenvalue weighted by molar-refractivity contribution is 5.32. The van der Waals surface area contributed by atoms with Gasteiger partial charge in [0.25, 0.3) is 0 Å². The smallest absolute Gasteiger partial charge is 0.0991 e. The Hall–Kier alpha value is -2.19. The molecule has 1 N–H and O–H groups in total. The van der Waals surface area contributed by atoms with Gasteiger partial charge in [-0.1, -0.05) is 42.5 Å². The van der Waals surface area contributed by atoms with Gasteiger partial charge in [-0.2, -0.15) is 5.26 Å². The maximum absolute atomic E-state index is 10.4. The number of rotatable bonds is 7. The molecule has 4 nitrogen and oxygen atoms in total. The summed E-state index contributed by atoms with van der Waals surface area (Å²) in [6.07, 6.45) is 0.589. The van der Waals surface area contributed by atoms with Crippen molar-refractivity contribution in [2.45, 2.75) is 19.1 Å². The third-order valence-corrected chi connectivity index (χ3v) is 4.69. The van der Waals surface area contributed by atoms with Crippen LogP contribution in [-0.4, -0.2) is 36.2 Å². The van der Waals surface area contributed by atoms with Crippen molar-refractivity contribution < 1.29 is 9.84 Å². The van der Waals surface area contributed by atoms with E-state index < -0.39 is 6.10 Å². The number of benzene rings is 2. The maximum atomic E-state index is 10.4. The molecule has 4 heteroatoms. The summed E-state index contributed by atoms with van der Waals surface area (Å²) in [5.74, 6) is 0.525. The highest BCUT2D eigenvalue weighted by Gasteiger charge is 2.24. The average Bonchev–Trinajstić information content (AvgIpc) is 3.10. The Balaban J connectivity index is 1.40. The van der Waals surface area contributed by atoms with Crippen molar-refractivity contribution in [3.8, 4) is 6.07 Å². The number of hydrogen-bond donors (Lipinski definition) is 1. The molecule has 0 bridgehead atoms. The Kier molecular flexibility index (Phi) is 6.19. The molecule has 2 aromatic carbocycles. The Bertz CT molecular complexity index is 694. The SMILES string of the molecule is N#Cc1ccc(C(O)CN2CCC(COCc3ccccc3)C2)cc1. The second-order valence-corrected chi connectivity index (χ2v) is 6.66. The molecule has 0 aromatic heterocycles. The Morgan fingerprint density at radius 3 is 2.64 bits per heavy atom. The average molecular weight is 336 g/mol. The summed E-state index contributed by atoms with van der Waals surface area (Å²) in [6, 6.07) is 19.5. The molecule has 130 valence electrons. The minimum absolute atomic E-state index is 0.517. The minimum Gasteiger partial charge on any atom is -0.387 e. The van der Waals surface area contributed by atoms with Gasteiger partial charge in [0.2, 0.25) is 0 Å². The molecule has 1 aliphatic heterocycles. The van der Waals surface area contributed by atoms with Gasteiger partial charge >= 0.3 is 0 Å². The molecule has 1 heterocycles. The zero-order valence-corrected chi connectivity index (χ0v) is 14.3. The van der Waals surface area contributed by atoms with Crippen LogP contribution in [-0.2, 0) is 11.3 Å². The number of nitrogens with zero attached hydrogens (tertiary/aromatic N) is 2. The Labute approximate surface area is 149 Å². The predicted octanol–water partition coefficient (Wildman–Crippen LogP) is 3.13. The van der Waals surface area contributed by atoms with Crippen molar-refractivity contribution >= 4 is 0 Å². The van der Waals surface area contributed by atoms with E-state index in [0.717, 1.165) is 31.7 Å². The minimum atomic E-state index is -0.517. The van der Waals surface area contributed by atoms with Crippen molar-refractivity contribution in [3.05, 3.63) is 71.3 Å². The number of ether oxygens (including phenoxy) is 1. The van der Waals surface area contributed by atoms with E-state index in [-0.39, 0.29) is 0 Å². The zero-order chi connectivity index (χ0) is 17.5. The molecular formula is C21H24N2O2. The van der Waals surface area contributed by atoms with E-state index in [4.69, 9.17) is 10.00 Å². The first-order valence-electron chi connectivity index (χ1n) is 8.77. The summed E-state index contributed by atoms with van der Waals surface area (Å²) in [7, 11) is 0. The van der Waals surface area contributed by atoms with E-state index in [2.05, 4.69) is 23.1 Å². The van der Waals surface area contributed by atoms with Gasteiger partial charge in [0.05, 0.1) is 31.0 Å². The third-order valence-electron chi connectivity index (χ3n) is 4.69. The van der Waals surface area contributed by atoms with Crippen molar-refractivity contribution in [2.24, 2.45) is 5.92 Å². The van der Waals surface area contributed by atoms with Crippen LogP contribution in [0.3, 0.4) is 0 Å². The molecule has 25 heavy (non-hydrogen) atoms. The summed E-state index contributed by atoms with van der Waals surface area (Å²) >= 11 is 0. The van der Waals surface area contributed by atoms with E-state index in [0.29, 0.717) is 24.6 Å². The molecule has 0 amide bonds. The molecule has 0 aliphatic carbocycles. The monoisotopic (exact) mass is 336 g/mol. The van der Waals surface area contributed by atoms with Crippen molar-refractivity contribution in [1.29, 1.82) is 5.26 Å². The largest absolute Gasteiger partial charge is 0.387 e. The van der Waals surface area contributed by atoms with E-state index in [9.17, 15) is 5.11 Å². The van der Waals surface area contributed by atoms with Crippen molar-refractivity contribution in [2.75, 3.05) is 26.2 Å². The number of β-amino-alcohol motifs (C(OH)–C–C–N with tert-alkyl or cyclic N) is 1. The maximum Gasteiger partial charge on any atom is 0.0991 e. The number of hydrogen-bond acceptors (Lipinski definition) is 4. The molecule has 2 atom stereocenters. The van der Waals surface area contributed by atoms with Gasteiger partial charge in [0, 0.05) is 13.1 Å². The van der Waals surface area contributed by atoms with E-state index >= 15 is 0 Å². The lowest BCUT2D eigenvalue weighted by Crippen LogP contribution is -2.27. The van der Waals surface area contributed by atoms with Crippen molar-refractivity contribution in [3.63, 3.8) is 0 Å². The van der Waals surface area contributed by atoms with Crippen LogP contribution in [0.4, 0.5) is 0 Å².